The zero-order valence-electron chi connectivity index (χ0n) is 21.9. The van der Waals surface area contributed by atoms with Gasteiger partial charge in [0.15, 0.2) is 6.29 Å². The van der Waals surface area contributed by atoms with Crippen molar-refractivity contribution in [3.8, 4) is 0 Å². The molecule has 4 rings (SSSR count). The van der Waals surface area contributed by atoms with Crippen molar-refractivity contribution < 1.29 is 40.6 Å². The van der Waals surface area contributed by atoms with Crippen molar-refractivity contribution in [3.63, 3.8) is 0 Å². The van der Waals surface area contributed by atoms with Crippen molar-refractivity contribution in [2.75, 3.05) is 13.2 Å². The van der Waals surface area contributed by atoms with Crippen LogP contribution in [0.2, 0.25) is 0 Å². The minimum absolute atomic E-state index is 0.0448. The van der Waals surface area contributed by atoms with E-state index in [4.69, 9.17) is 14.2 Å². The highest BCUT2D eigenvalue weighted by Gasteiger charge is 2.46. The van der Waals surface area contributed by atoms with Crippen molar-refractivity contribution in [1.29, 1.82) is 0 Å². The fourth-order valence-electron chi connectivity index (χ4n) is 6.00. The summed E-state index contributed by atoms with van der Waals surface area (Å²) < 4.78 is 98.0. The Labute approximate surface area is 220 Å². The Bertz CT molecular complexity index is 931. The molecule has 0 N–H and O–H groups in total. The van der Waals surface area contributed by atoms with E-state index in [1.165, 1.54) is 37.7 Å². The maximum Gasteiger partial charge on any atom is 0.419 e. The molecule has 1 aromatic rings. The van der Waals surface area contributed by atoms with Gasteiger partial charge in [-0.1, -0.05) is 50.3 Å². The average Bonchev–Trinajstić information content (AvgIpc) is 2.89. The van der Waals surface area contributed by atoms with Crippen LogP contribution in [0.4, 0.5) is 26.3 Å². The molecular formula is C29H38F6O3. The quantitative estimate of drug-likeness (QED) is 0.175. The lowest BCUT2D eigenvalue weighted by atomic mass is 9.73. The van der Waals surface area contributed by atoms with Crippen molar-refractivity contribution in [1.82, 2.24) is 0 Å². The fourth-order valence-corrected chi connectivity index (χ4v) is 6.00. The lowest BCUT2D eigenvalue weighted by molar-refractivity contribution is -0.334. The molecule has 0 amide bonds. The number of unbranched alkanes of at least 4 members (excludes halogenated alkanes) is 2. The van der Waals surface area contributed by atoms with Gasteiger partial charge in [-0.25, -0.2) is 4.39 Å². The molecule has 2 fully saturated rings. The lowest BCUT2D eigenvalue weighted by Crippen LogP contribution is -2.43. The molecule has 1 saturated carbocycles. The molecule has 1 saturated heterocycles. The standard InChI is InChI=1S/C29H38F6O3/c1-2-3-4-5-19-6-8-20(9-7-19)21-10-13-23(14-11-21)29(34,35)38-24-17-36-27(37-18-24)22-12-15-25(26(30)16-22)28(31,32)33/h8,12,15-16,19,21,23-24,27H,2-7,9-11,13-14,17-18H2,1H3. The van der Waals surface area contributed by atoms with E-state index < -0.39 is 42.0 Å². The first-order chi connectivity index (χ1) is 18.1. The summed E-state index contributed by atoms with van der Waals surface area (Å²) >= 11 is 0. The van der Waals surface area contributed by atoms with Crippen LogP contribution in [0.5, 0.6) is 0 Å². The highest BCUT2D eigenvalue weighted by atomic mass is 19.4. The number of halogens is 6. The van der Waals surface area contributed by atoms with E-state index in [1.54, 1.807) is 0 Å². The Balaban J connectivity index is 1.21. The monoisotopic (exact) mass is 548 g/mol. The summed E-state index contributed by atoms with van der Waals surface area (Å²) in [6.45, 7) is 1.75. The molecule has 1 aliphatic heterocycles. The van der Waals surface area contributed by atoms with Gasteiger partial charge in [0.05, 0.1) is 24.7 Å². The van der Waals surface area contributed by atoms with Gasteiger partial charge in [0, 0.05) is 5.56 Å². The lowest BCUT2D eigenvalue weighted by Gasteiger charge is -2.38. The average molecular weight is 549 g/mol. The second-order valence-corrected chi connectivity index (χ2v) is 11.0. The predicted octanol–water partition coefficient (Wildman–Crippen LogP) is 8.98. The van der Waals surface area contributed by atoms with Crippen molar-refractivity contribution in [2.45, 2.75) is 102 Å². The molecule has 0 bridgehead atoms. The molecule has 0 spiro atoms. The second kappa shape index (κ2) is 12.7. The SMILES string of the molecule is CCCCCC1CC=C(C2CCC(C(F)(F)OC3COC(c4ccc(C(F)(F)F)c(F)c4)OC3)CC2)CC1. The summed E-state index contributed by atoms with van der Waals surface area (Å²) in [7, 11) is 0. The Morgan fingerprint density at radius 3 is 2.24 bits per heavy atom. The van der Waals surface area contributed by atoms with Crippen LogP contribution in [0.1, 0.15) is 95.0 Å². The number of rotatable bonds is 9. The largest absolute Gasteiger partial charge is 0.419 e. The molecular weight excluding hydrogens is 510 g/mol. The minimum atomic E-state index is -4.81. The third kappa shape index (κ3) is 7.54. The van der Waals surface area contributed by atoms with E-state index in [0.29, 0.717) is 30.9 Å². The van der Waals surface area contributed by atoms with Crippen LogP contribution in [0.25, 0.3) is 0 Å². The highest BCUT2D eigenvalue weighted by molar-refractivity contribution is 5.27. The molecule has 1 unspecified atom stereocenters. The molecule has 38 heavy (non-hydrogen) atoms. The van der Waals surface area contributed by atoms with Gasteiger partial charge in [-0.2, -0.15) is 22.0 Å². The molecule has 214 valence electrons. The maximum absolute atomic E-state index is 15.0. The predicted molar refractivity (Wildman–Crippen MR) is 131 cm³/mol. The third-order valence-electron chi connectivity index (χ3n) is 8.26. The molecule has 1 atom stereocenters. The molecule has 0 radical (unpaired) electrons. The van der Waals surface area contributed by atoms with E-state index in [1.807, 2.05) is 0 Å². The normalized spacial score (nSPS) is 29.2. The molecule has 3 aliphatic rings. The van der Waals surface area contributed by atoms with E-state index in [2.05, 4.69) is 13.0 Å². The second-order valence-electron chi connectivity index (χ2n) is 11.0. The summed E-state index contributed by atoms with van der Waals surface area (Å²) in [5, 5.41) is 0. The maximum atomic E-state index is 15.0. The minimum Gasteiger partial charge on any atom is -0.346 e. The molecule has 1 heterocycles. The van der Waals surface area contributed by atoms with Gasteiger partial charge in [-0.05, 0) is 68.9 Å². The summed E-state index contributed by atoms with van der Waals surface area (Å²) in [6.07, 6.45) is 2.77. The van der Waals surface area contributed by atoms with Crippen LogP contribution in [0.15, 0.2) is 29.8 Å². The van der Waals surface area contributed by atoms with Gasteiger partial charge in [0.25, 0.3) is 0 Å². The highest BCUT2D eigenvalue weighted by Crippen LogP contribution is 2.44. The van der Waals surface area contributed by atoms with Crippen molar-refractivity contribution >= 4 is 0 Å². The Hall–Kier alpha value is -1.58. The van der Waals surface area contributed by atoms with E-state index >= 15 is 0 Å². The summed E-state index contributed by atoms with van der Waals surface area (Å²) in [5.41, 5.74) is 0.0987. The molecule has 0 aromatic heterocycles. The van der Waals surface area contributed by atoms with Gasteiger partial charge in [-0.3, -0.25) is 0 Å². The molecule has 2 aliphatic carbocycles. The molecule has 9 heteroatoms. The van der Waals surface area contributed by atoms with Gasteiger partial charge in [0.2, 0.25) is 0 Å². The van der Waals surface area contributed by atoms with Gasteiger partial charge < -0.3 is 14.2 Å². The zero-order valence-corrected chi connectivity index (χ0v) is 21.9. The van der Waals surface area contributed by atoms with Gasteiger partial charge in [0.1, 0.15) is 11.9 Å². The third-order valence-corrected chi connectivity index (χ3v) is 8.26. The van der Waals surface area contributed by atoms with Crippen LogP contribution in [0.3, 0.4) is 0 Å². The zero-order chi connectivity index (χ0) is 27.3. The van der Waals surface area contributed by atoms with Crippen LogP contribution in [0, 0.1) is 23.6 Å². The Morgan fingerprint density at radius 1 is 0.947 bits per heavy atom. The number of hydrogen-bond donors (Lipinski definition) is 0. The van der Waals surface area contributed by atoms with Crippen molar-refractivity contribution in [3.05, 3.63) is 46.8 Å². The first-order valence-corrected chi connectivity index (χ1v) is 13.9. The molecule has 1 aromatic carbocycles. The number of allylic oxidation sites excluding steroid dienone is 2. The van der Waals surface area contributed by atoms with E-state index in [-0.39, 0.29) is 18.8 Å². The van der Waals surface area contributed by atoms with Gasteiger partial charge >= 0.3 is 12.3 Å². The summed E-state index contributed by atoms with van der Waals surface area (Å²) in [6, 6.07) is 2.36. The topological polar surface area (TPSA) is 27.7 Å². The first-order valence-electron chi connectivity index (χ1n) is 13.9. The Kier molecular flexibility index (Phi) is 9.85. The summed E-state index contributed by atoms with van der Waals surface area (Å²) in [5.74, 6) is -1.19. The molecule has 3 nitrogen and oxygen atoms in total. The van der Waals surface area contributed by atoms with E-state index in [0.717, 1.165) is 37.7 Å². The fraction of sp³-hybridized carbons (Fsp3) is 0.724. The van der Waals surface area contributed by atoms with E-state index in [9.17, 15) is 26.3 Å². The number of ether oxygens (including phenoxy) is 3. The van der Waals surface area contributed by atoms with Crippen LogP contribution in [-0.4, -0.2) is 25.4 Å². The number of hydrogen-bond acceptors (Lipinski definition) is 3. The number of benzene rings is 1. The smallest absolute Gasteiger partial charge is 0.346 e. The number of alkyl halides is 5. The van der Waals surface area contributed by atoms with Crippen LogP contribution < -0.4 is 0 Å². The first kappa shape index (κ1) is 29.4. The summed E-state index contributed by atoms with van der Waals surface area (Å²) in [4.78, 5) is 0. The Morgan fingerprint density at radius 2 is 1.66 bits per heavy atom. The van der Waals surface area contributed by atoms with Crippen LogP contribution >= 0.6 is 0 Å². The van der Waals surface area contributed by atoms with Gasteiger partial charge in [-0.15, -0.1) is 0 Å². The van der Waals surface area contributed by atoms with Crippen LogP contribution in [-0.2, 0) is 20.4 Å². The van der Waals surface area contributed by atoms with Crippen molar-refractivity contribution in [2.24, 2.45) is 17.8 Å².